The summed E-state index contributed by atoms with van der Waals surface area (Å²) in [7, 11) is -4.06. The van der Waals surface area contributed by atoms with E-state index in [2.05, 4.69) is 14.7 Å². The van der Waals surface area contributed by atoms with Crippen molar-refractivity contribution in [3.8, 4) is 5.75 Å². The van der Waals surface area contributed by atoms with Crippen molar-refractivity contribution in [1.29, 1.82) is 0 Å². The number of nitrogens with zero attached hydrogens (tertiary/aromatic N) is 3. The van der Waals surface area contributed by atoms with E-state index in [0.717, 1.165) is 5.56 Å². The Bertz CT molecular complexity index is 1580. The zero-order valence-corrected chi connectivity index (χ0v) is 19.0. The molecule has 33 heavy (non-hydrogen) atoms. The van der Waals surface area contributed by atoms with Crippen LogP contribution in [0.1, 0.15) is 23.3 Å². The Morgan fingerprint density at radius 1 is 1.03 bits per heavy atom. The average molecular weight is 479 g/mol. The summed E-state index contributed by atoms with van der Waals surface area (Å²) in [6.07, 6.45) is 1.53. The summed E-state index contributed by atoms with van der Waals surface area (Å²) in [6.45, 7) is 1.95. The van der Waals surface area contributed by atoms with Crippen molar-refractivity contribution >= 4 is 44.5 Å². The number of sulfonamides is 1. The Morgan fingerprint density at radius 3 is 2.55 bits per heavy atom. The summed E-state index contributed by atoms with van der Waals surface area (Å²) in [5.74, 6) is -0.614. The van der Waals surface area contributed by atoms with Crippen LogP contribution < -0.4 is 10.9 Å². The number of hydrogen-bond donors (Lipinski definition) is 2. The van der Waals surface area contributed by atoms with Crippen LogP contribution in [0.4, 0.5) is 5.69 Å². The van der Waals surface area contributed by atoms with Gasteiger partial charge in [0.05, 0.1) is 11.1 Å². The molecule has 2 aromatic heterocycles. The Kier molecular flexibility index (Phi) is 5.18. The number of aromatic hydroxyl groups is 1. The van der Waals surface area contributed by atoms with Gasteiger partial charge in [0.25, 0.3) is 15.6 Å². The smallest absolute Gasteiger partial charge is 0.286 e. The quantitative estimate of drug-likeness (QED) is 0.457. The van der Waals surface area contributed by atoms with Crippen molar-refractivity contribution in [1.82, 2.24) is 8.96 Å². The van der Waals surface area contributed by atoms with Crippen molar-refractivity contribution < 1.29 is 13.5 Å². The Labute approximate surface area is 193 Å². The van der Waals surface area contributed by atoms with Gasteiger partial charge in [0.2, 0.25) is 0 Å². The van der Waals surface area contributed by atoms with Crippen LogP contribution in [0, 0.1) is 0 Å². The van der Waals surface area contributed by atoms with Gasteiger partial charge in [-0.3, -0.25) is 4.79 Å². The van der Waals surface area contributed by atoms with Gasteiger partial charge >= 0.3 is 0 Å². The van der Waals surface area contributed by atoms with Gasteiger partial charge < -0.3 is 10.4 Å². The number of benzene rings is 2. The number of aromatic nitrogens is 2. The summed E-state index contributed by atoms with van der Waals surface area (Å²) >= 11 is 1.22. The first-order valence-electron chi connectivity index (χ1n) is 10.0. The van der Waals surface area contributed by atoms with Crippen LogP contribution in [-0.4, -0.2) is 28.3 Å². The summed E-state index contributed by atoms with van der Waals surface area (Å²) in [4.78, 5) is 17.9. The second kappa shape index (κ2) is 8.05. The molecule has 0 saturated carbocycles. The molecule has 0 saturated heterocycles. The molecule has 10 heteroatoms. The maximum absolute atomic E-state index is 13.6. The Balaban J connectivity index is 1.72. The van der Waals surface area contributed by atoms with Crippen LogP contribution in [-0.2, 0) is 10.0 Å². The van der Waals surface area contributed by atoms with Crippen molar-refractivity contribution in [2.45, 2.75) is 17.1 Å². The molecule has 0 bridgehead atoms. The second-order valence-electron chi connectivity index (χ2n) is 7.39. The molecule has 5 rings (SSSR count). The van der Waals surface area contributed by atoms with Gasteiger partial charge in [-0.15, -0.1) is 4.40 Å². The minimum absolute atomic E-state index is 0.00287. The fourth-order valence-electron chi connectivity index (χ4n) is 3.65. The monoisotopic (exact) mass is 478 g/mol. The van der Waals surface area contributed by atoms with Crippen molar-refractivity contribution in [3.05, 3.63) is 94.4 Å². The summed E-state index contributed by atoms with van der Waals surface area (Å²) in [5.41, 5.74) is 0.701. The zero-order valence-electron chi connectivity index (χ0n) is 17.3. The minimum Gasteiger partial charge on any atom is -0.506 e. The number of para-hydroxylation sites is 1. The fourth-order valence-corrected chi connectivity index (χ4v) is 5.80. The van der Waals surface area contributed by atoms with Crippen LogP contribution in [0.2, 0.25) is 0 Å². The SMILES string of the molecule is CC(Sn1c(=O)c(C2=NS(=O)(=O)c3ccccc3N2)c(O)c2cccnc21)c1ccccc1. The molecular formula is C23H18N4O4S2. The summed E-state index contributed by atoms with van der Waals surface area (Å²) < 4.78 is 30.7. The largest absolute Gasteiger partial charge is 0.506 e. The molecule has 0 amide bonds. The lowest BCUT2D eigenvalue weighted by atomic mass is 10.1. The van der Waals surface area contributed by atoms with Gasteiger partial charge in [-0.25, -0.2) is 8.96 Å². The number of nitrogens with one attached hydrogen (secondary N) is 1. The third-order valence-electron chi connectivity index (χ3n) is 5.27. The molecule has 1 atom stereocenters. The molecular weight excluding hydrogens is 460 g/mol. The maximum Gasteiger partial charge on any atom is 0.286 e. The normalized spacial score (nSPS) is 15.4. The van der Waals surface area contributed by atoms with Gasteiger partial charge in [0.15, 0.2) is 11.5 Å². The number of amidine groups is 1. The third kappa shape index (κ3) is 3.66. The first-order chi connectivity index (χ1) is 15.9. The van der Waals surface area contributed by atoms with E-state index in [9.17, 15) is 18.3 Å². The van der Waals surface area contributed by atoms with Gasteiger partial charge in [-0.05, 0) is 48.7 Å². The molecule has 166 valence electrons. The van der Waals surface area contributed by atoms with E-state index in [4.69, 9.17) is 0 Å². The number of rotatable bonds is 4. The number of hydrogen-bond acceptors (Lipinski definition) is 7. The van der Waals surface area contributed by atoms with Crippen LogP contribution >= 0.6 is 11.9 Å². The predicted molar refractivity (Wildman–Crippen MR) is 129 cm³/mol. The second-order valence-corrected chi connectivity index (χ2v) is 10.2. The molecule has 1 unspecified atom stereocenters. The zero-order chi connectivity index (χ0) is 23.2. The number of fused-ring (bicyclic) bond motifs is 2. The molecule has 8 nitrogen and oxygen atoms in total. The van der Waals surface area contributed by atoms with E-state index in [1.807, 2.05) is 37.3 Å². The molecule has 2 N–H and O–H groups in total. The van der Waals surface area contributed by atoms with Gasteiger partial charge in [0, 0.05) is 11.4 Å². The standard InChI is InChI=1S/C23H18N4O4S2/c1-14(15-8-3-2-4-9-15)32-27-22-16(10-7-13-24-22)20(28)19(23(27)29)21-25-17-11-5-6-12-18(17)33(30,31)26-21/h2-14,28H,1H3,(H,25,26). The molecule has 1 aliphatic heterocycles. The molecule has 2 aromatic carbocycles. The highest BCUT2D eigenvalue weighted by Gasteiger charge is 2.30. The lowest BCUT2D eigenvalue weighted by molar-refractivity contribution is 0.479. The average Bonchev–Trinajstić information content (AvgIpc) is 2.82. The molecule has 0 spiro atoms. The van der Waals surface area contributed by atoms with E-state index >= 15 is 0 Å². The number of pyridine rings is 2. The lowest BCUT2D eigenvalue weighted by Gasteiger charge is -2.21. The van der Waals surface area contributed by atoms with Crippen LogP contribution in [0.15, 0.2) is 87.0 Å². The van der Waals surface area contributed by atoms with Crippen molar-refractivity contribution in [2.24, 2.45) is 4.40 Å². The predicted octanol–water partition coefficient (Wildman–Crippen LogP) is 3.92. The van der Waals surface area contributed by atoms with Crippen molar-refractivity contribution in [2.75, 3.05) is 5.32 Å². The number of anilines is 1. The van der Waals surface area contributed by atoms with Crippen LogP contribution in [0.3, 0.4) is 0 Å². The first-order valence-corrected chi connectivity index (χ1v) is 12.3. The van der Waals surface area contributed by atoms with Gasteiger partial charge in [0.1, 0.15) is 16.2 Å². The first kappa shape index (κ1) is 21.2. The van der Waals surface area contributed by atoms with Crippen LogP contribution in [0.25, 0.3) is 11.0 Å². The summed E-state index contributed by atoms with van der Waals surface area (Å²) in [5, 5.41) is 14.1. The highest BCUT2D eigenvalue weighted by Crippen LogP contribution is 2.35. The molecule has 0 fully saturated rings. The molecule has 3 heterocycles. The van der Waals surface area contributed by atoms with Gasteiger partial charge in [-0.2, -0.15) is 8.42 Å². The summed E-state index contributed by atoms with van der Waals surface area (Å²) in [6, 6.07) is 19.2. The Morgan fingerprint density at radius 2 is 1.76 bits per heavy atom. The third-order valence-corrected chi connectivity index (χ3v) is 7.74. The van der Waals surface area contributed by atoms with Crippen molar-refractivity contribution in [3.63, 3.8) is 0 Å². The van der Waals surface area contributed by atoms with E-state index in [1.165, 1.54) is 28.2 Å². The highest BCUT2D eigenvalue weighted by atomic mass is 32.2. The van der Waals surface area contributed by atoms with E-state index in [1.54, 1.807) is 30.3 Å². The minimum atomic E-state index is -4.06. The topological polar surface area (TPSA) is 114 Å². The van der Waals surface area contributed by atoms with Gasteiger partial charge in [-0.1, -0.05) is 42.5 Å². The van der Waals surface area contributed by atoms with Crippen LogP contribution in [0.5, 0.6) is 5.75 Å². The fraction of sp³-hybridized carbons (Fsp3) is 0.0870. The molecule has 1 aliphatic rings. The Hall–Kier alpha value is -3.63. The van der Waals surface area contributed by atoms with E-state index in [0.29, 0.717) is 5.39 Å². The lowest BCUT2D eigenvalue weighted by Crippen LogP contribution is -2.31. The maximum atomic E-state index is 13.6. The molecule has 0 aliphatic carbocycles. The van der Waals surface area contributed by atoms with E-state index < -0.39 is 15.6 Å². The van der Waals surface area contributed by atoms with E-state index in [-0.39, 0.29) is 38.6 Å². The highest BCUT2D eigenvalue weighted by molar-refractivity contribution is 7.98. The molecule has 4 aromatic rings. The molecule has 0 radical (unpaired) electrons.